The monoisotopic (exact) mass is 289 g/mol. The first-order chi connectivity index (χ1) is 9.17. The van der Waals surface area contributed by atoms with E-state index in [1.807, 2.05) is 42.6 Å². The number of benzene rings is 1. The Balaban J connectivity index is 2.54. The van der Waals surface area contributed by atoms with Crippen molar-refractivity contribution in [3.63, 3.8) is 0 Å². The maximum Gasteiger partial charge on any atom is 0.122 e. The molecule has 0 bridgehead atoms. The standard InChI is InChI=1S/C15H12ClNOS/c1-10-5-6-11(8-13(10)18-2)15(16)12(9-17)14-4-3-7-19-14/h3-8H,1-2H3/b15-12+. The van der Waals surface area contributed by atoms with Gasteiger partial charge in [0.1, 0.15) is 11.8 Å². The van der Waals surface area contributed by atoms with Gasteiger partial charge in [-0.3, -0.25) is 0 Å². The Morgan fingerprint density at radius 2 is 2.16 bits per heavy atom. The minimum atomic E-state index is 0.447. The van der Waals surface area contributed by atoms with E-state index >= 15 is 0 Å². The van der Waals surface area contributed by atoms with Crippen LogP contribution in [0.3, 0.4) is 0 Å². The number of halogens is 1. The van der Waals surface area contributed by atoms with Crippen LogP contribution in [-0.4, -0.2) is 7.11 Å². The maximum absolute atomic E-state index is 9.29. The average molecular weight is 290 g/mol. The summed E-state index contributed by atoms with van der Waals surface area (Å²) in [7, 11) is 1.62. The van der Waals surface area contributed by atoms with Crippen molar-refractivity contribution in [1.82, 2.24) is 0 Å². The topological polar surface area (TPSA) is 33.0 Å². The molecule has 0 N–H and O–H groups in total. The minimum Gasteiger partial charge on any atom is -0.496 e. The average Bonchev–Trinajstić information content (AvgIpc) is 2.94. The molecule has 19 heavy (non-hydrogen) atoms. The lowest BCUT2D eigenvalue weighted by Gasteiger charge is -2.08. The SMILES string of the molecule is COc1cc(/C(Cl)=C(/C#N)c2cccs2)ccc1C. The molecule has 0 unspecified atom stereocenters. The third-order valence-electron chi connectivity index (χ3n) is 2.76. The van der Waals surface area contributed by atoms with Crippen molar-refractivity contribution in [2.45, 2.75) is 6.92 Å². The second-order valence-electron chi connectivity index (χ2n) is 3.96. The third kappa shape index (κ3) is 2.81. The summed E-state index contributed by atoms with van der Waals surface area (Å²) in [5, 5.41) is 11.7. The molecule has 2 rings (SSSR count). The van der Waals surface area contributed by atoms with Crippen molar-refractivity contribution in [3.05, 3.63) is 51.7 Å². The van der Waals surface area contributed by atoms with E-state index in [2.05, 4.69) is 6.07 Å². The molecule has 0 spiro atoms. The highest BCUT2D eigenvalue weighted by atomic mass is 35.5. The Hall–Kier alpha value is -1.76. The maximum atomic E-state index is 9.29. The van der Waals surface area contributed by atoms with Crippen LogP contribution in [0.1, 0.15) is 16.0 Å². The molecule has 2 aromatic rings. The molecule has 0 fully saturated rings. The van der Waals surface area contributed by atoms with Crippen LogP contribution in [0.25, 0.3) is 10.6 Å². The lowest BCUT2D eigenvalue weighted by molar-refractivity contribution is 0.411. The number of methoxy groups -OCH3 is 1. The Labute approximate surface area is 121 Å². The number of nitriles is 1. The molecular formula is C15H12ClNOS. The number of nitrogens with zero attached hydrogens (tertiary/aromatic N) is 1. The van der Waals surface area contributed by atoms with E-state index in [0.29, 0.717) is 10.6 Å². The zero-order chi connectivity index (χ0) is 13.8. The molecule has 0 saturated heterocycles. The van der Waals surface area contributed by atoms with Gasteiger partial charge < -0.3 is 4.74 Å². The van der Waals surface area contributed by atoms with E-state index in [4.69, 9.17) is 16.3 Å². The fourth-order valence-corrected chi connectivity index (χ4v) is 2.78. The van der Waals surface area contributed by atoms with Crippen LogP contribution in [0.15, 0.2) is 35.7 Å². The van der Waals surface area contributed by atoms with Gasteiger partial charge in [0.15, 0.2) is 0 Å². The van der Waals surface area contributed by atoms with E-state index in [1.165, 1.54) is 11.3 Å². The van der Waals surface area contributed by atoms with Gasteiger partial charge in [0.25, 0.3) is 0 Å². The highest BCUT2D eigenvalue weighted by molar-refractivity contribution is 7.11. The van der Waals surface area contributed by atoms with Gasteiger partial charge >= 0.3 is 0 Å². The molecule has 1 aromatic heterocycles. The van der Waals surface area contributed by atoms with E-state index < -0.39 is 0 Å². The van der Waals surface area contributed by atoms with Crippen LogP contribution in [0.5, 0.6) is 5.75 Å². The second kappa shape index (κ2) is 5.92. The summed E-state index contributed by atoms with van der Waals surface area (Å²) >= 11 is 7.85. The normalized spacial score (nSPS) is 11.7. The fraction of sp³-hybridized carbons (Fsp3) is 0.133. The number of hydrogen-bond acceptors (Lipinski definition) is 3. The number of rotatable bonds is 3. The van der Waals surface area contributed by atoms with Crippen molar-refractivity contribution >= 4 is 33.5 Å². The molecular weight excluding hydrogens is 278 g/mol. The summed E-state index contributed by atoms with van der Waals surface area (Å²) < 4.78 is 5.28. The van der Waals surface area contributed by atoms with Gasteiger partial charge in [0.05, 0.1) is 17.7 Å². The largest absolute Gasteiger partial charge is 0.496 e. The van der Waals surface area contributed by atoms with Crippen molar-refractivity contribution in [2.24, 2.45) is 0 Å². The third-order valence-corrected chi connectivity index (χ3v) is 4.05. The minimum absolute atomic E-state index is 0.447. The van der Waals surface area contributed by atoms with Crippen LogP contribution in [-0.2, 0) is 0 Å². The van der Waals surface area contributed by atoms with E-state index in [1.54, 1.807) is 7.11 Å². The summed E-state index contributed by atoms with van der Waals surface area (Å²) in [4.78, 5) is 0.868. The lowest BCUT2D eigenvalue weighted by atomic mass is 10.1. The molecule has 1 aromatic carbocycles. The molecule has 0 atom stereocenters. The van der Waals surface area contributed by atoms with Crippen LogP contribution in [0.4, 0.5) is 0 Å². The second-order valence-corrected chi connectivity index (χ2v) is 5.29. The Morgan fingerprint density at radius 3 is 2.74 bits per heavy atom. The zero-order valence-corrected chi connectivity index (χ0v) is 12.2. The summed E-state index contributed by atoms with van der Waals surface area (Å²) in [5.41, 5.74) is 2.31. The molecule has 96 valence electrons. The summed E-state index contributed by atoms with van der Waals surface area (Å²) in [6.45, 7) is 1.96. The molecule has 0 radical (unpaired) electrons. The van der Waals surface area contributed by atoms with Gasteiger partial charge in [-0.2, -0.15) is 5.26 Å². The Kier molecular flexibility index (Phi) is 4.26. The zero-order valence-electron chi connectivity index (χ0n) is 10.6. The first-order valence-electron chi connectivity index (χ1n) is 5.66. The number of ether oxygens (including phenoxy) is 1. The van der Waals surface area contributed by atoms with Crippen molar-refractivity contribution in [3.8, 4) is 11.8 Å². The smallest absolute Gasteiger partial charge is 0.122 e. The van der Waals surface area contributed by atoms with Crippen LogP contribution in [0.2, 0.25) is 0 Å². The molecule has 4 heteroatoms. The van der Waals surface area contributed by atoms with Crippen molar-refractivity contribution in [2.75, 3.05) is 7.11 Å². The predicted octanol–water partition coefficient (Wildman–Crippen LogP) is 4.70. The summed E-state index contributed by atoms with van der Waals surface area (Å²) in [6, 6.07) is 11.6. The highest BCUT2D eigenvalue weighted by Crippen LogP contribution is 2.33. The first-order valence-corrected chi connectivity index (χ1v) is 6.92. The number of hydrogen-bond donors (Lipinski definition) is 0. The van der Waals surface area contributed by atoms with Crippen LogP contribution in [0, 0.1) is 18.3 Å². The van der Waals surface area contributed by atoms with Gasteiger partial charge in [-0.1, -0.05) is 29.8 Å². The highest BCUT2D eigenvalue weighted by Gasteiger charge is 2.11. The summed E-state index contributed by atoms with van der Waals surface area (Å²) in [6.07, 6.45) is 0. The quantitative estimate of drug-likeness (QED) is 0.768. The van der Waals surface area contributed by atoms with Gasteiger partial charge in [0.2, 0.25) is 0 Å². The number of allylic oxidation sites excluding steroid dienone is 1. The molecule has 0 saturated carbocycles. The van der Waals surface area contributed by atoms with Crippen LogP contribution >= 0.6 is 22.9 Å². The van der Waals surface area contributed by atoms with E-state index in [9.17, 15) is 5.26 Å². The van der Waals surface area contributed by atoms with E-state index in [0.717, 1.165) is 21.8 Å². The molecule has 2 nitrogen and oxygen atoms in total. The molecule has 0 amide bonds. The van der Waals surface area contributed by atoms with Gasteiger partial charge in [-0.25, -0.2) is 0 Å². The molecule has 0 aliphatic carbocycles. The van der Waals surface area contributed by atoms with Crippen molar-refractivity contribution < 1.29 is 4.74 Å². The molecule has 0 aliphatic heterocycles. The van der Waals surface area contributed by atoms with Gasteiger partial charge in [-0.15, -0.1) is 11.3 Å². The first kappa shape index (κ1) is 13.7. The Morgan fingerprint density at radius 1 is 1.37 bits per heavy atom. The van der Waals surface area contributed by atoms with Gasteiger partial charge in [-0.05, 0) is 35.6 Å². The lowest BCUT2D eigenvalue weighted by Crippen LogP contribution is -1.90. The Bertz CT molecular complexity index is 653. The van der Waals surface area contributed by atoms with Crippen molar-refractivity contribution in [1.29, 1.82) is 5.26 Å². The number of thiophene rings is 1. The molecule has 1 heterocycles. The summed E-state index contributed by atoms with van der Waals surface area (Å²) in [5.74, 6) is 0.763. The fourth-order valence-electron chi connectivity index (χ4n) is 1.73. The molecule has 0 aliphatic rings. The van der Waals surface area contributed by atoms with Gasteiger partial charge in [0, 0.05) is 4.88 Å². The predicted molar refractivity (Wildman–Crippen MR) is 80.3 cm³/mol. The number of aryl methyl sites for hydroxylation is 1. The van der Waals surface area contributed by atoms with Crippen LogP contribution < -0.4 is 4.74 Å². The van der Waals surface area contributed by atoms with E-state index in [-0.39, 0.29) is 0 Å².